The zero-order valence-corrected chi connectivity index (χ0v) is 3.02. The van der Waals surface area contributed by atoms with E-state index in [4.69, 9.17) is 0 Å². The molecule has 0 N–H and O–H groups in total. The molecule has 0 nitrogen and oxygen atoms in total. The van der Waals surface area contributed by atoms with Crippen LogP contribution in [0.2, 0.25) is 0 Å². The minimum atomic E-state index is 0. The van der Waals surface area contributed by atoms with E-state index in [-0.39, 0.29) is 29.8 Å². The maximum atomic E-state index is 2.12. The summed E-state index contributed by atoms with van der Waals surface area (Å²) in [4.78, 5) is 0. The summed E-state index contributed by atoms with van der Waals surface area (Å²) in [5.74, 6) is 0. The van der Waals surface area contributed by atoms with Crippen molar-refractivity contribution in [2.75, 3.05) is 0 Å². The Balaban J connectivity index is 0. The van der Waals surface area contributed by atoms with Gasteiger partial charge < -0.3 is 0 Å². The van der Waals surface area contributed by atoms with Gasteiger partial charge in [0.1, 0.15) is 0 Å². The fourth-order valence-electron chi connectivity index (χ4n) is 0.393. The quantitative estimate of drug-likeness (QED) is 0.362. The van der Waals surface area contributed by atoms with Gasteiger partial charge in [-0.05, 0) is 17.4 Å². The number of rotatable bonds is 0. The van der Waals surface area contributed by atoms with Crippen LogP contribution in [0.5, 0.6) is 0 Å². The largest absolute Gasteiger partial charge is 0.0149 e. The molecule has 7 heavy (non-hydrogen) atoms. The minimum Gasteiger partial charge on any atom is -0.0149 e. The molecule has 0 bridgehead atoms. The molecule has 0 fully saturated rings. The zero-order chi connectivity index (χ0) is 3.54. The topological polar surface area (TPSA) is 0 Å². The first kappa shape index (κ1) is 10.3. The Kier molecular flexibility index (Phi) is 9.27. The third-order valence-corrected chi connectivity index (χ3v) is 0.655. The Morgan fingerprint density at radius 2 is 1.43 bits per heavy atom. The number of allylic oxidation sites excluding steroid dienone is 4. The van der Waals surface area contributed by atoms with Gasteiger partial charge in [-0.25, -0.2) is 0 Å². The summed E-state index contributed by atoms with van der Waals surface area (Å²) >= 11 is 0. The van der Waals surface area contributed by atoms with Gasteiger partial charge in [0, 0.05) is 0 Å². The van der Waals surface area contributed by atoms with E-state index in [1.54, 1.807) is 0 Å². The summed E-state index contributed by atoms with van der Waals surface area (Å²) in [5, 5.41) is 0. The van der Waals surface area contributed by atoms with Gasteiger partial charge in [0.05, 0.1) is 0 Å². The average Bonchev–Trinajstić information content (AvgIpc) is 1.76. The van der Waals surface area contributed by atoms with Crippen molar-refractivity contribution in [1.29, 1.82) is 0 Å². The summed E-state index contributed by atoms with van der Waals surface area (Å²) in [6.45, 7) is 0. The van der Waals surface area contributed by atoms with Gasteiger partial charge in [0.15, 0.2) is 0 Å². The minimum absolute atomic E-state index is 0. The molecule has 2 heteroatoms. The van der Waals surface area contributed by atoms with Gasteiger partial charge in [0.2, 0.25) is 0 Å². The average molecular weight is 106 g/mol. The van der Waals surface area contributed by atoms with Gasteiger partial charge in [-0.15, -0.1) is 0 Å². The fraction of sp³-hybridized carbons (Fsp3) is 0.200. The van der Waals surface area contributed by atoms with E-state index in [1.807, 2.05) is 0 Å². The van der Waals surface area contributed by atoms with Crippen LogP contribution in [0.4, 0.5) is 0 Å². The Morgan fingerprint density at radius 1 is 1.00 bits per heavy atom. The smallest absolute Gasteiger partial charge is 0.0149 e. The van der Waals surface area contributed by atoms with Crippen LogP contribution < -0.4 is 0 Å². The zero-order valence-electron chi connectivity index (χ0n) is 3.02. The van der Waals surface area contributed by atoms with E-state index in [2.05, 4.69) is 24.3 Å². The molecule has 0 aromatic rings. The SMILES string of the molecule is C1=CCC=C1.[LiH].[SiH4]. The van der Waals surface area contributed by atoms with E-state index >= 15 is 0 Å². The molecule has 0 atom stereocenters. The predicted molar refractivity (Wildman–Crippen MR) is 41.4 cm³/mol. The van der Waals surface area contributed by atoms with Gasteiger partial charge in [-0.1, -0.05) is 24.3 Å². The summed E-state index contributed by atoms with van der Waals surface area (Å²) in [5.41, 5.74) is 0. The van der Waals surface area contributed by atoms with Crippen LogP contribution in [0, 0.1) is 0 Å². The fourth-order valence-corrected chi connectivity index (χ4v) is 0.393. The summed E-state index contributed by atoms with van der Waals surface area (Å²) in [6, 6.07) is 0. The van der Waals surface area contributed by atoms with Crippen molar-refractivity contribution in [1.82, 2.24) is 0 Å². The molecular formula is C5H11LiSi. The molecule has 0 aromatic heterocycles. The standard InChI is InChI=1S/C5H6.Li.H4Si.H/c1-2-4-5-3-1;;;/h1-4H,5H2;;1H4;. The number of hydrogen-bond donors (Lipinski definition) is 0. The Bertz CT molecular complexity index is 66.1. The third-order valence-electron chi connectivity index (χ3n) is 0.655. The van der Waals surface area contributed by atoms with Crippen LogP contribution in [0.25, 0.3) is 0 Å². The van der Waals surface area contributed by atoms with Crippen LogP contribution in [0.3, 0.4) is 0 Å². The molecule has 0 saturated carbocycles. The molecule has 1 aliphatic rings. The van der Waals surface area contributed by atoms with Crippen LogP contribution in [-0.4, -0.2) is 29.8 Å². The molecule has 1 aliphatic carbocycles. The van der Waals surface area contributed by atoms with Crippen molar-refractivity contribution >= 4 is 29.8 Å². The molecule has 0 radical (unpaired) electrons. The van der Waals surface area contributed by atoms with Crippen LogP contribution >= 0.6 is 0 Å². The molecule has 0 spiro atoms. The second kappa shape index (κ2) is 6.29. The van der Waals surface area contributed by atoms with Crippen molar-refractivity contribution < 1.29 is 0 Å². The van der Waals surface area contributed by atoms with Gasteiger partial charge in [-0.3, -0.25) is 0 Å². The first-order chi connectivity index (χ1) is 2.50. The first-order valence-corrected chi connectivity index (χ1v) is 1.82. The van der Waals surface area contributed by atoms with Crippen LogP contribution in [0.15, 0.2) is 24.3 Å². The van der Waals surface area contributed by atoms with E-state index in [0.717, 1.165) is 6.42 Å². The summed E-state index contributed by atoms with van der Waals surface area (Å²) < 4.78 is 0. The molecule has 1 rings (SSSR count). The molecule has 36 valence electrons. The van der Waals surface area contributed by atoms with E-state index < -0.39 is 0 Å². The third kappa shape index (κ3) is 4.14. The molecule has 0 aliphatic heterocycles. The van der Waals surface area contributed by atoms with E-state index in [1.165, 1.54) is 0 Å². The van der Waals surface area contributed by atoms with E-state index in [9.17, 15) is 0 Å². The number of hydrogen-bond acceptors (Lipinski definition) is 0. The molecular weight excluding hydrogens is 95.1 g/mol. The predicted octanol–water partition coefficient (Wildman–Crippen LogP) is -0.598. The summed E-state index contributed by atoms with van der Waals surface area (Å²) in [7, 11) is 0. The first-order valence-electron chi connectivity index (χ1n) is 1.82. The van der Waals surface area contributed by atoms with Crippen molar-refractivity contribution in [3.05, 3.63) is 24.3 Å². The maximum absolute atomic E-state index is 2.12. The molecule has 0 amide bonds. The van der Waals surface area contributed by atoms with Gasteiger partial charge in [-0.2, -0.15) is 0 Å². The van der Waals surface area contributed by atoms with Crippen LogP contribution in [0.1, 0.15) is 6.42 Å². The van der Waals surface area contributed by atoms with E-state index in [0.29, 0.717) is 0 Å². The van der Waals surface area contributed by atoms with Crippen molar-refractivity contribution in [2.45, 2.75) is 6.42 Å². The molecule has 0 heterocycles. The second-order valence-electron chi connectivity index (χ2n) is 1.09. The van der Waals surface area contributed by atoms with Crippen molar-refractivity contribution in [3.8, 4) is 0 Å². The Morgan fingerprint density at radius 3 is 1.57 bits per heavy atom. The van der Waals surface area contributed by atoms with Gasteiger partial charge in [0.25, 0.3) is 0 Å². The van der Waals surface area contributed by atoms with Gasteiger partial charge >= 0.3 is 18.9 Å². The monoisotopic (exact) mass is 106 g/mol. The Labute approximate surface area is 60.9 Å². The normalized spacial score (nSPS) is 12.6. The van der Waals surface area contributed by atoms with Crippen molar-refractivity contribution in [3.63, 3.8) is 0 Å². The van der Waals surface area contributed by atoms with Crippen LogP contribution in [-0.2, 0) is 0 Å². The molecule has 0 aromatic carbocycles. The molecule has 0 saturated heterocycles. The Hall–Kier alpha value is 0.294. The summed E-state index contributed by atoms with van der Waals surface area (Å²) in [6.07, 6.45) is 9.50. The second-order valence-corrected chi connectivity index (χ2v) is 1.09. The molecule has 0 unspecified atom stereocenters. The van der Waals surface area contributed by atoms with Crippen molar-refractivity contribution in [2.24, 2.45) is 0 Å². The maximum Gasteiger partial charge on any atom is -0.0149 e.